The first kappa shape index (κ1) is 12.2. The summed E-state index contributed by atoms with van der Waals surface area (Å²) in [6.45, 7) is 9.35. The monoisotopic (exact) mass is 231 g/mol. The molecule has 1 N–H and O–H groups in total. The third-order valence-electron chi connectivity index (χ3n) is 3.42. The van der Waals surface area contributed by atoms with Gasteiger partial charge in [-0.3, -0.25) is 4.79 Å². The van der Waals surface area contributed by atoms with E-state index in [1.54, 1.807) is 0 Å². The molecule has 0 saturated heterocycles. The van der Waals surface area contributed by atoms with Crippen molar-refractivity contribution in [2.45, 2.75) is 46.0 Å². The number of hydrogen-bond donors (Lipinski definition) is 1. The Balaban J connectivity index is 2.52. The van der Waals surface area contributed by atoms with Crippen LogP contribution in [0.4, 0.5) is 5.69 Å². The molecule has 0 unspecified atom stereocenters. The van der Waals surface area contributed by atoms with E-state index in [0.717, 1.165) is 11.3 Å². The second kappa shape index (κ2) is 4.52. The van der Waals surface area contributed by atoms with Crippen molar-refractivity contribution >= 4 is 11.5 Å². The van der Waals surface area contributed by atoms with Crippen LogP contribution in [-0.2, 0) is 11.2 Å². The highest BCUT2D eigenvalue weighted by Gasteiger charge is 2.19. The smallest absolute Gasteiger partial charge is 0.156 e. The number of rotatable bonds is 2. The van der Waals surface area contributed by atoms with Crippen molar-refractivity contribution in [1.29, 1.82) is 0 Å². The van der Waals surface area contributed by atoms with Crippen molar-refractivity contribution < 1.29 is 4.79 Å². The second-order valence-electron chi connectivity index (χ2n) is 5.52. The van der Waals surface area contributed by atoms with E-state index in [-0.39, 0.29) is 5.78 Å². The summed E-state index contributed by atoms with van der Waals surface area (Å²) in [7, 11) is 0. The molecule has 1 aliphatic heterocycles. The van der Waals surface area contributed by atoms with Crippen molar-refractivity contribution in [3.8, 4) is 0 Å². The van der Waals surface area contributed by atoms with Crippen LogP contribution in [-0.4, -0.2) is 12.3 Å². The lowest BCUT2D eigenvalue weighted by molar-refractivity contribution is -0.117. The van der Waals surface area contributed by atoms with Gasteiger partial charge in [-0.15, -0.1) is 0 Å². The van der Waals surface area contributed by atoms with Crippen LogP contribution in [0.1, 0.15) is 56.2 Å². The van der Waals surface area contributed by atoms with Gasteiger partial charge >= 0.3 is 0 Å². The summed E-state index contributed by atoms with van der Waals surface area (Å²) < 4.78 is 0. The van der Waals surface area contributed by atoms with Crippen LogP contribution in [0.5, 0.6) is 0 Å². The zero-order chi connectivity index (χ0) is 12.6. The summed E-state index contributed by atoms with van der Waals surface area (Å²) in [5.74, 6) is 1.32. The molecule has 0 radical (unpaired) electrons. The molecule has 0 bridgehead atoms. The Hall–Kier alpha value is -1.31. The number of fused-ring (bicyclic) bond motifs is 1. The molecular weight excluding hydrogens is 210 g/mol. The van der Waals surface area contributed by atoms with Gasteiger partial charge in [0.05, 0.1) is 6.54 Å². The minimum absolute atomic E-state index is 0.282. The van der Waals surface area contributed by atoms with Gasteiger partial charge in [0.15, 0.2) is 5.78 Å². The third-order valence-corrected chi connectivity index (χ3v) is 3.42. The number of carbonyl (C=O) groups is 1. The quantitative estimate of drug-likeness (QED) is 0.844. The van der Waals surface area contributed by atoms with Gasteiger partial charge in [0.2, 0.25) is 0 Å². The molecule has 17 heavy (non-hydrogen) atoms. The number of benzene rings is 1. The third kappa shape index (κ3) is 2.36. The Morgan fingerprint density at radius 2 is 1.65 bits per heavy atom. The molecule has 1 aromatic rings. The van der Waals surface area contributed by atoms with E-state index in [0.29, 0.717) is 24.8 Å². The van der Waals surface area contributed by atoms with E-state index in [1.165, 1.54) is 11.1 Å². The Morgan fingerprint density at radius 1 is 1.06 bits per heavy atom. The van der Waals surface area contributed by atoms with E-state index < -0.39 is 0 Å². The Morgan fingerprint density at radius 3 is 2.24 bits per heavy atom. The molecule has 0 aliphatic carbocycles. The molecule has 2 nitrogen and oxygen atoms in total. The Labute approximate surface area is 103 Å². The highest BCUT2D eigenvalue weighted by Crippen LogP contribution is 2.33. The van der Waals surface area contributed by atoms with Gasteiger partial charge < -0.3 is 5.32 Å². The standard InChI is InChI=1S/C15H21NO/c1-9(2)13-6-11-5-12(17)8-16-15(11)7-14(13)10(3)4/h6-7,9-10,16H,5,8H2,1-4H3. The number of hydrogen-bond acceptors (Lipinski definition) is 2. The molecule has 0 saturated carbocycles. The van der Waals surface area contributed by atoms with Crippen molar-refractivity contribution in [2.24, 2.45) is 0 Å². The molecule has 1 heterocycles. The lowest BCUT2D eigenvalue weighted by Crippen LogP contribution is -2.23. The topological polar surface area (TPSA) is 29.1 Å². The van der Waals surface area contributed by atoms with Gasteiger partial charge in [-0.1, -0.05) is 33.8 Å². The fourth-order valence-electron chi connectivity index (χ4n) is 2.46. The van der Waals surface area contributed by atoms with Crippen LogP contribution in [0.3, 0.4) is 0 Å². The molecule has 0 atom stereocenters. The fraction of sp³-hybridized carbons (Fsp3) is 0.533. The summed E-state index contributed by atoms with van der Waals surface area (Å²) in [4.78, 5) is 11.5. The molecule has 92 valence electrons. The maximum Gasteiger partial charge on any atom is 0.156 e. The predicted molar refractivity (Wildman–Crippen MR) is 71.8 cm³/mol. The molecule has 0 fully saturated rings. The normalized spacial score (nSPS) is 15.1. The van der Waals surface area contributed by atoms with Crippen molar-refractivity contribution in [3.63, 3.8) is 0 Å². The van der Waals surface area contributed by atoms with Gasteiger partial charge in [0.25, 0.3) is 0 Å². The lowest BCUT2D eigenvalue weighted by atomic mass is 9.86. The largest absolute Gasteiger partial charge is 0.378 e. The number of anilines is 1. The van der Waals surface area contributed by atoms with Gasteiger partial charge in [-0.25, -0.2) is 0 Å². The number of carbonyl (C=O) groups excluding carboxylic acids is 1. The summed E-state index contributed by atoms with van der Waals surface area (Å²) in [6, 6.07) is 4.46. The molecule has 0 amide bonds. The van der Waals surface area contributed by atoms with Crippen molar-refractivity contribution in [1.82, 2.24) is 0 Å². The molecule has 0 aromatic heterocycles. The zero-order valence-electron chi connectivity index (χ0n) is 11.1. The summed E-state index contributed by atoms with van der Waals surface area (Å²) in [5.41, 5.74) is 5.10. The SMILES string of the molecule is CC(C)c1cc2c(cc1C(C)C)NCC(=O)C2. The Bertz CT molecular complexity index is 446. The number of nitrogens with one attached hydrogen (secondary N) is 1. The van der Waals surface area contributed by atoms with Gasteiger partial charge in [-0.05, 0) is 34.6 Å². The highest BCUT2D eigenvalue weighted by atomic mass is 16.1. The van der Waals surface area contributed by atoms with Crippen LogP contribution < -0.4 is 5.32 Å². The average molecular weight is 231 g/mol. The molecular formula is C15H21NO. The summed E-state index contributed by atoms with van der Waals surface area (Å²) in [6.07, 6.45) is 0.584. The van der Waals surface area contributed by atoms with E-state index >= 15 is 0 Å². The van der Waals surface area contributed by atoms with Crippen LogP contribution in [0.2, 0.25) is 0 Å². The van der Waals surface area contributed by atoms with Gasteiger partial charge in [0, 0.05) is 12.1 Å². The maximum absolute atomic E-state index is 11.5. The van der Waals surface area contributed by atoms with Crippen LogP contribution >= 0.6 is 0 Å². The molecule has 0 spiro atoms. The first-order valence-corrected chi connectivity index (χ1v) is 6.41. The molecule has 2 rings (SSSR count). The minimum Gasteiger partial charge on any atom is -0.378 e. The molecule has 2 heteroatoms. The molecule has 1 aromatic carbocycles. The number of Topliss-reactive ketones (excluding diaryl/α,β-unsaturated/α-hetero) is 1. The van der Waals surface area contributed by atoms with Crippen molar-refractivity contribution in [3.05, 3.63) is 28.8 Å². The van der Waals surface area contributed by atoms with E-state index in [4.69, 9.17) is 0 Å². The predicted octanol–water partition coefficient (Wildman–Crippen LogP) is 3.47. The maximum atomic E-state index is 11.5. The highest BCUT2D eigenvalue weighted by molar-refractivity contribution is 5.89. The number of ketones is 1. The van der Waals surface area contributed by atoms with E-state index in [1.807, 2.05) is 0 Å². The van der Waals surface area contributed by atoms with Crippen molar-refractivity contribution in [2.75, 3.05) is 11.9 Å². The first-order chi connectivity index (χ1) is 7.99. The first-order valence-electron chi connectivity index (χ1n) is 6.41. The minimum atomic E-state index is 0.282. The summed E-state index contributed by atoms with van der Waals surface area (Å²) >= 11 is 0. The van der Waals surface area contributed by atoms with Crippen LogP contribution in [0.25, 0.3) is 0 Å². The fourth-order valence-corrected chi connectivity index (χ4v) is 2.46. The van der Waals surface area contributed by atoms with Crippen LogP contribution in [0.15, 0.2) is 12.1 Å². The van der Waals surface area contributed by atoms with Crippen LogP contribution in [0, 0.1) is 0 Å². The Kier molecular flexibility index (Phi) is 3.23. The second-order valence-corrected chi connectivity index (χ2v) is 5.52. The zero-order valence-corrected chi connectivity index (χ0v) is 11.1. The van der Waals surface area contributed by atoms with E-state index in [2.05, 4.69) is 45.1 Å². The van der Waals surface area contributed by atoms with Gasteiger partial charge in [0.1, 0.15) is 0 Å². The average Bonchev–Trinajstić information content (AvgIpc) is 2.26. The van der Waals surface area contributed by atoms with Gasteiger partial charge in [-0.2, -0.15) is 0 Å². The lowest BCUT2D eigenvalue weighted by Gasteiger charge is -2.23. The van der Waals surface area contributed by atoms with E-state index in [9.17, 15) is 4.79 Å². The molecule has 1 aliphatic rings. The summed E-state index contributed by atoms with van der Waals surface area (Å²) in [5, 5.41) is 3.22.